The Morgan fingerprint density at radius 2 is 1.72 bits per heavy atom. The molecule has 0 radical (unpaired) electrons. The van der Waals surface area contributed by atoms with Crippen molar-refractivity contribution in [2.75, 3.05) is 11.1 Å². The summed E-state index contributed by atoms with van der Waals surface area (Å²) in [5.74, 6) is -2.05. The second-order valence-corrected chi connectivity index (χ2v) is 8.94. The molecule has 0 atom stereocenters. The highest BCUT2D eigenvalue weighted by atomic mass is 32.2. The zero-order chi connectivity index (χ0) is 22.7. The Hall–Kier alpha value is -3.56. The Kier molecular flexibility index (Phi) is 6.29. The Morgan fingerprint density at radius 1 is 1.00 bits per heavy atom. The monoisotopic (exact) mass is 466 g/mol. The first-order valence-electron chi connectivity index (χ1n) is 9.36. The summed E-state index contributed by atoms with van der Waals surface area (Å²) in [4.78, 5) is 40.7. The molecule has 1 aromatic heterocycles. The van der Waals surface area contributed by atoms with Gasteiger partial charge in [0.05, 0.1) is 27.1 Å². The van der Waals surface area contributed by atoms with Crippen molar-refractivity contribution in [3.63, 3.8) is 0 Å². The van der Waals surface area contributed by atoms with Gasteiger partial charge in [0.1, 0.15) is 5.82 Å². The van der Waals surface area contributed by atoms with Gasteiger partial charge in [-0.15, -0.1) is 11.3 Å². The molecule has 32 heavy (non-hydrogen) atoms. The molecular weight excluding hydrogens is 451 g/mol. The number of halogens is 1. The third-order valence-corrected chi connectivity index (χ3v) is 6.68. The highest BCUT2D eigenvalue weighted by Gasteiger charge is 2.16. The molecule has 0 saturated heterocycles. The van der Waals surface area contributed by atoms with Crippen molar-refractivity contribution in [2.45, 2.75) is 4.34 Å². The van der Waals surface area contributed by atoms with Gasteiger partial charge in [-0.25, -0.2) is 14.2 Å². The Morgan fingerprint density at radius 3 is 2.44 bits per heavy atom. The molecule has 6 nitrogen and oxygen atoms in total. The number of thiazole rings is 1. The number of nitrogens with one attached hydrogen (secondary N) is 1. The topological polar surface area (TPSA) is 96.4 Å². The summed E-state index contributed by atoms with van der Waals surface area (Å²) >= 11 is 2.66. The minimum Gasteiger partial charge on any atom is -0.478 e. The van der Waals surface area contributed by atoms with Crippen LogP contribution in [0.15, 0.2) is 71.1 Å². The van der Waals surface area contributed by atoms with Crippen molar-refractivity contribution in [3.8, 4) is 0 Å². The average Bonchev–Trinajstić information content (AvgIpc) is 3.20. The lowest BCUT2D eigenvalue weighted by Crippen LogP contribution is -2.16. The first kappa shape index (κ1) is 21.7. The smallest absolute Gasteiger partial charge is 0.336 e. The van der Waals surface area contributed by atoms with Gasteiger partial charge in [0, 0.05) is 11.3 Å². The first-order valence-corrected chi connectivity index (χ1v) is 11.2. The van der Waals surface area contributed by atoms with E-state index in [1.807, 2.05) is 0 Å². The zero-order valence-electron chi connectivity index (χ0n) is 16.4. The second-order valence-electron chi connectivity index (χ2n) is 6.69. The highest BCUT2D eigenvalue weighted by molar-refractivity contribution is 8.01. The van der Waals surface area contributed by atoms with Crippen LogP contribution in [-0.4, -0.2) is 33.5 Å². The summed E-state index contributed by atoms with van der Waals surface area (Å²) < 4.78 is 14.5. The van der Waals surface area contributed by atoms with Gasteiger partial charge in [-0.1, -0.05) is 23.9 Å². The molecule has 0 fully saturated rings. The van der Waals surface area contributed by atoms with Gasteiger partial charge in [0.25, 0.3) is 5.91 Å². The van der Waals surface area contributed by atoms with Crippen molar-refractivity contribution >= 4 is 56.7 Å². The van der Waals surface area contributed by atoms with Crippen molar-refractivity contribution in [2.24, 2.45) is 0 Å². The van der Waals surface area contributed by atoms with Gasteiger partial charge in [-0.05, 0) is 54.6 Å². The van der Waals surface area contributed by atoms with E-state index < -0.39 is 17.7 Å². The number of thioether (sulfide) groups is 1. The fourth-order valence-electron chi connectivity index (χ4n) is 2.96. The summed E-state index contributed by atoms with van der Waals surface area (Å²) in [6, 6.07) is 16.6. The number of aromatic carboxylic acids is 1. The lowest BCUT2D eigenvalue weighted by atomic mass is 10.1. The number of hydrogen-bond donors (Lipinski definition) is 2. The minimum atomic E-state index is -1.18. The van der Waals surface area contributed by atoms with Crippen LogP contribution in [0.25, 0.3) is 10.2 Å². The van der Waals surface area contributed by atoms with E-state index >= 15 is 0 Å². The van der Waals surface area contributed by atoms with E-state index in [-0.39, 0.29) is 22.7 Å². The molecule has 0 aliphatic heterocycles. The number of amides is 1. The Labute approximate surface area is 190 Å². The maximum Gasteiger partial charge on any atom is 0.336 e. The van der Waals surface area contributed by atoms with E-state index in [4.69, 9.17) is 0 Å². The van der Waals surface area contributed by atoms with Gasteiger partial charge in [0.15, 0.2) is 10.1 Å². The van der Waals surface area contributed by atoms with Gasteiger partial charge < -0.3 is 10.4 Å². The van der Waals surface area contributed by atoms with Crippen molar-refractivity contribution < 1.29 is 23.9 Å². The molecule has 0 aliphatic carbocycles. The van der Waals surface area contributed by atoms with Gasteiger partial charge in [-0.2, -0.15) is 0 Å². The second kappa shape index (κ2) is 9.29. The van der Waals surface area contributed by atoms with Crippen LogP contribution < -0.4 is 5.32 Å². The summed E-state index contributed by atoms with van der Waals surface area (Å²) in [5, 5.41) is 12.0. The van der Waals surface area contributed by atoms with E-state index in [2.05, 4.69) is 10.3 Å². The number of Topliss-reactive ketones (excluding diaryl/α,β-unsaturated/α-hetero) is 1. The molecule has 0 bridgehead atoms. The van der Waals surface area contributed by atoms with Crippen LogP contribution in [0.2, 0.25) is 0 Å². The number of carboxylic acids is 1. The molecule has 0 saturated carbocycles. The summed E-state index contributed by atoms with van der Waals surface area (Å²) in [6.45, 7) is 0. The Bertz CT molecular complexity index is 1340. The standard InChI is InChI=1S/C23H15FN2O4S2/c24-14-7-5-13(6-8-14)19(27)12-31-23-26-18-10-9-15(11-20(18)32-23)25-21(28)16-3-1-2-4-17(16)22(29)30/h1-11H,12H2,(H,25,28)(H,29,30). The minimum absolute atomic E-state index is 0.0694. The lowest BCUT2D eigenvalue weighted by Gasteiger charge is -2.07. The van der Waals surface area contributed by atoms with Crippen LogP contribution >= 0.6 is 23.1 Å². The van der Waals surface area contributed by atoms with Crippen LogP contribution in [0, 0.1) is 5.82 Å². The van der Waals surface area contributed by atoms with Gasteiger partial charge in [-0.3, -0.25) is 9.59 Å². The quantitative estimate of drug-likeness (QED) is 0.281. The summed E-state index contributed by atoms with van der Waals surface area (Å²) in [6.07, 6.45) is 0. The average molecular weight is 467 g/mol. The van der Waals surface area contributed by atoms with E-state index in [0.717, 1.165) is 10.2 Å². The molecule has 1 amide bonds. The highest BCUT2D eigenvalue weighted by Crippen LogP contribution is 2.32. The molecule has 9 heteroatoms. The molecule has 4 rings (SSSR count). The largest absolute Gasteiger partial charge is 0.478 e. The first-order chi connectivity index (χ1) is 15.4. The van der Waals surface area contributed by atoms with Crippen LogP contribution in [-0.2, 0) is 0 Å². The summed E-state index contributed by atoms with van der Waals surface area (Å²) in [7, 11) is 0. The number of rotatable bonds is 7. The number of nitrogens with zero attached hydrogens (tertiary/aromatic N) is 1. The molecule has 0 aliphatic rings. The van der Waals surface area contributed by atoms with Crippen molar-refractivity contribution in [3.05, 3.63) is 89.2 Å². The molecule has 3 aromatic carbocycles. The third-order valence-electron chi connectivity index (χ3n) is 4.52. The van der Waals surface area contributed by atoms with E-state index in [0.29, 0.717) is 15.6 Å². The lowest BCUT2D eigenvalue weighted by molar-refractivity contribution is 0.0692. The van der Waals surface area contributed by atoms with Crippen LogP contribution in [0.4, 0.5) is 10.1 Å². The molecular formula is C23H15FN2O4S2. The predicted molar refractivity (Wildman–Crippen MR) is 122 cm³/mol. The van der Waals surface area contributed by atoms with Gasteiger partial charge >= 0.3 is 5.97 Å². The molecule has 160 valence electrons. The molecule has 4 aromatic rings. The predicted octanol–water partition coefficient (Wildman–Crippen LogP) is 5.36. The number of fused-ring (bicyclic) bond motifs is 1. The SMILES string of the molecule is O=C(CSc1nc2ccc(NC(=O)c3ccccc3C(=O)O)cc2s1)c1ccc(F)cc1. The third kappa shape index (κ3) is 4.84. The van der Waals surface area contributed by atoms with Crippen LogP contribution in [0.3, 0.4) is 0 Å². The number of carbonyl (C=O) groups is 3. The molecule has 0 spiro atoms. The van der Waals surface area contributed by atoms with E-state index in [1.54, 1.807) is 30.3 Å². The van der Waals surface area contributed by atoms with Gasteiger partial charge in [0.2, 0.25) is 0 Å². The summed E-state index contributed by atoms with van der Waals surface area (Å²) in [5.41, 5.74) is 1.65. The number of hydrogen-bond acceptors (Lipinski definition) is 6. The molecule has 0 unspecified atom stereocenters. The fourth-order valence-corrected chi connectivity index (χ4v) is 4.96. The van der Waals surface area contributed by atoms with Crippen molar-refractivity contribution in [1.29, 1.82) is 0 Å². The molecule has 1 heterocycles. The maximum atomic E-state index is 13.0. The van der Waals surface area contributed by atoms with Crippen LogP contribution in [0.1, 0.15) is 31.1 Å². The number of ketones is 1. The van der Waals surface area contributed by atoms with E-state index in [1.165, 1.54) is 59.5 Å². The van der Waals surface area contributed by atoms with E-state index in [9.17, 15) is 23.9 Å². The Balaban J connectivity index is 1.46. The number of carboxylic acid groups (broad SMARTS) is 1. The number of anilines is 1. The number of aromatic nitrogens is 1. The maximum absolute atomic E-state index is 13.0. The number of benzene rings is 3. The van der Waals surface area contributed by atoms with Crippen LogP contribution in [0.5, 0.6) is 0 Å². The fraction of sp³-hybridized carbons (Fsp3) is 0.0435. The normalized spacial score (nSPS) is 10.8. The zero-order valence-corrected chi connectivity index (χ0v) is 18.0. The number of carbonyl (C=O) groups excluding carboxylic acids is 2. The van der Waals surface area contributed by atoms with Crippen molar-refractivity contribution in [1.82, 2.24) is 4.98 Å². The molecule has 2 N–H and O–H groups in total.